The third kappa shape index (κ3) is 6.46. The van der Waals surface area contributed by atoms with E-state index in [1.165, 1.54) is 29.2 Å². The molecule has 1 aliphatic heterocycles. The number of rotatable bonds is 9. The highest BCUT2D eigenvalue weighted by atomic mass is 16.5. The van der Waals surface area contributed by atoms with Crippen LogP contribution in [0.2, 0.25) is 0 Å². The molecule has 1 N–H and O–H groups in total. The standard InChI is InChI=1S/C43H32N2O8/c1-51-34-18-12-25(13-19-34)26-14-20-35(21-15-26)52-43(50)31-5-2-4-30(23-31)39(46)44-32-6-3-7-36(24-32)53-42(49)27-10-16-33(17-11-27)45-40(47)37-28-8-9-29(22-28)38(37)41(45)48/h2-21,23-24,28-29,37-38H,22H2,1H3,(H,44,46). The number of nitrogens with zero attached hydrogens (tertiary/aromatic N) is 1. The first-order chi connectivity index (χ1) is 25.7. The molecule has 4 atom stereocenters. The van der Waals surface area contributed by atoms with Crippen LogP contribution in [0.5, 0.6) is 17.2 Å². The number of carbonyl (C=O) groups is 5. The molecule has 0 spiro atoms. The fourth-order valence-corrected chi connectivity index (χ4v) is 7.36. The Morgan fingerprint density at radius 2 is 1.17 bits per heavy atom. The van der Waals surface area contributed by atoms with Gasteiger partial charge in [-0.1, -0.05) is 48.6 Å². The number of ether oxygens (including phenoxy) is 3. The van der Waals surface area contributed by atoms with Crippen LogP contribution in [-0.2, 0) is 9.59 Å². The SMILES string of the molecule is COc1ccc(-c2ccc(OC(=O)c3cccc(C(=O)Nc4cccc(OC(=O)c5ccc(N6C(=O)C7C8C=CC(C8)C7C6=O)cc5)c4)c3)cc2)cc1. The number of carbonyl (C=O) groups excluding carboxylic acids is 5. The molecule has 2 aliphatic carbocycles. The van der Waals surface area contributed by atoms with Crippen LogP contribution >= 0.6 is 0 Å². The first kappa shape index (κ1) is 33.3. The fraction of sp³-hybridized carbons (Fsp3) is 0.140. The van der Waals surface area contributed by atoms with Gasteiger partial charge in [0.25, 0.3) is 5.91 Å². The van der Waals surface area contributed by atoms with E-state index in [2.05, 4.69) is 5.32 Å². The number of methoxy groups -OCH3 is 1. The normalized spacial score (nSPS) is 19.5. The summed E-state index contributed by atoms with van der Waals surface area (Å²) < 4.78 is 16.3. The van der Waals surface area contributed by atoms with Gasteiger partial charge in [-0.2, -0.15) is 0 Å². The third-order valence-corrected chi connectivity index (χ3v) is 9.98. The molecule has 0 radical (unpaired) electrons. The number of amides is 3. The van der Waals surface area contributed by atoms with Gasteiger partial charge >= 0.3 is 11.9 Å². The van der Waals surface area contributed by atoms with Crippen LogP contribution in [0, 0.1) is 23.7 Å². The molecule has 2 fully saturated rings. The molecule has 1 saturated heterocycles. The molecule has 53 heavy (non-hydrogen) atoms. The van der Waals surface area contributed by atoms with Crippen molar-refractivity contribution in [2.75, 3.05) is 17.3 Å². The van der Waals surface area contributed by atoms with Crippen LogP contribution in [0.25, 0.3) is 11.1 Å². The fourth-order valence-electron chi connectivity index (χ4n) is 7.36. The monoisotopic (exact) mass is 704 g/mol. The number of benzene rings is 5. The van der Waals surface area contributed by atoms with E-state index >= 15 is 0 Å². The molecule has 3 amide bonds. The summed E-state index contributed by atoms with van der Waals surface area (Å²) in [6, 6.07) is 33.4. The third-order valence-electron chi connectivity index (χ3n) is 9.98. The number of hydrogen-bond acceptors (Lipinski definition) is 8. The van der Waals surface area contributed by atoms with E-state index in [4.69, 9.17) is 14.2 Å². The number of hydrogen-bond donors (Lipinski definition) is 1. The quantitative estimate of drug-likeness (QED) is 0.0730. The summed E-state index contributed by atoms with van der Waals surface area (Å²) in [5.74, 6) is -1.24. The summed E-state index contributed by atoms with van der Waals surface area (Å²) in [7, 11) is 1.61. The Balaban J connectivity index is 0.874. The number of fused-ring (bicyclic) bond motifs is 5. The molecule has 4 unspecified atom stereocenters. The molecule has 5 aromatic carbocycles. The minimum atomic E-state index is -0.653. The molecule has 5 aromatic rings. The Kier molecular flexibility index (Phi) is 8.63. The Morgan fingerprint density at radius 1 is 0.604 bits per heavy atom. The van der Waals surface area contributed by atoms with Crippen molar-refractivity contribution >= 4 is 41.0 Å². The van der Waals surface area contributed by atoms with Gasteiger partial charge in [-0.3, -0.25) is 19.3 Å². The van der Waals surface area contributed by atoms with E-state index in [-0.39, 0.29) is 57.9 Å². The second-order valence-corrected chi connectivity index (χ2v) is 13.2. The summed E-state index contributed by atoms with van der Waals surface area (Å²) in [6.45, 7) is 0. The molecule has 1 heterocycles. The molecule has 262 valence electrons. The molecule has 1 saturated carbocycles. The van der Waals surface area contributed by atoms with Gasteiger partial charge in [0.1, 0.15) is 17.2 Å². The van der Waals surface area contributed by atoms with Crippen LogP contribution in [-0.4, -0.2) is 36.8 Å². The lowest BCUT2D eigenvalue weighted by Gasteiger charge is -2.17. The van der Waals surface area contributed by atoms with Crippen LogP contribution in [0.15, 0.2) is 133 Å². The predicted octanol–water partition coefficient (Wildman–Crippen LogP) is 7.36. The summed E-state index contributed by atoms with van der Waals surface area (Å²) >= 11 is 0. The first-order valence-corrected chi connectivity index (χ1v) is 17.1. The van der Waals surface area contributed by atoms with Gasteiger partial charge in [0, 0.05) is 17.3 Å². The molecule has 10 nitrogen and oxygen atoms in total. The Labute approximate surface area is 304 Å². The molecular formula is C43H32N2O8. The molecule has 0 aromatic heterocycles. The minimum Gasteiger partial charge on any atom is -0.497 e. The van der Waals surface area contributed by atoms with Gasteiger partial charge in [-0.25, -0.2) is 9.59 Å². The van der Waals surface area contributed by atoms with Crippen LogP contribution in [0.4, 0.5) is 11.4 Å². The highest BCUT2D eigenvalue weighted by Gasteiger charge is 2.59. The Hall–Kier alpha value is -6.81. The molecule has 3 aliphatic rings. The average molecular weight is 705 g/mol. The van der Waals surface area contributed by atoms with E-state index in [1.807, 2.05) is 48.6 Å². The maximum absolute atomic E-state index is 13.2. The molecule has 8 rings (SSSR count). The highest BCUT2D eigenvalue weighted by molar-refractivity contribution is 6.23. The zero-order chi connectivity index (χ0) is 36.6. The van der Waals surface area contributed by atoms with Crippen LogP contribution < -0.4 is 24.4 Å². The van der Waals surface area contributed by atoms with E-state index < -0.39 is 17.8 Å². The second kappa shape index (κ2) is 13.7. The maximum Gasteiger partial charge on any atom is 0.343 e. The summed E-state index contributed by atoms with van der Waals surface area (Å²) in [6.07, 6.45) is 4.94. The average Bonchev–Trinajstić information content (AvgIpc) is 3.88. The Bertz CT molecular complexity index is 2270. The van der Waals surface area contributed by atoms with E-state index in [9.17, 15) is 24.0 Å². The van der Waals surface area contributed by atoms with Crippen molar-refractivity contribution < 1.29 is 38.2 Å². The Morgan fingerprint density at radius 3 is 1.81 bits per heavy atom. The lowest BCUT2D eigenvalue weighted by atomic mass is 9.85. The van der Waals surface area contributed by atoms with Gasteiger partial charge < -0.3 is 19.5 Å². The van der Waals surface area contributed by atoms with Gasteiger partial charge in [0.2, 0.25) is 11.8 Å². The largest absolute Gasteiger partial charge is 0.497 e. The highest BCUT2D eigenvalue weighted by Crippen LogP contribution is 2.53. The van der Waals surface area contributed by atoms with Gasteiger partial charge in [0.05, 0.1) is 35.8 Å². The molecule has 2 bridgehead atoms. The van der Waals surface area contributed by atoms with Gasteiger partial charge in [0.15, 0.2) is 0 Å². The maximum atomic E-state index is 13.2. The minimum absolute atomic E-state index is 0.108. The second-order valence-electron chi connectivity index (χ2n) is 13.2. The van der Waals surface area contributed by atoms with Crippen molar-refractivity contribution in [3.8, 4) is 28.4 Å². The summed E-state index contributed by atoms with van der Waals surface area (Å²) in [5, 5.41) is 2.77. The van der Waals surface area contributed by atoms with E-state index in [1.54, 1.807) is 67.8 Å². The van der Waals surface area contributed by atoms with Crippen molar-refractivity contribution in [3.05, 3.63) is 150 Å². The van der Waals surface area contributed by atoms with E-state index in [0.717, 1.165) is 23.3 Å². The van der Waals surface area contributed by atoms with E-state index in [0.29, 0.717) is 17.1 Å². The lowest BCUT2D eigenvalue weighted by molar-refractivity contribution is -0.123. The predicted molar refractivity (Wildman–Crippen MR) is 196 cm³/mol. The molecular weight excluding hydrogens is 672 g/mol. The topological polar surface area (TPSA) is 128 Å². The van der Waals surface area contributed by atoms with Crippen molar-refractivity contribution in [1.82, 2.24) is 0 Å². The number of esters is 2. The zero-order valence-electron chi connectivity index (χ0n) is 28.4. The summed E-state index contributed by atoms with van der Waals surface area (Å²) in [4.78, 5) is 66.7. The van der Waals surface area contributed by atoms with Crippen LogP contribution in [0.1, 0.15) is 37.5 Å². The smallest absolute Gasteiger partial charge is 0.343 e. The number of allylic oxidation sites excluding steroid dienone is 2. The van der Waals surface area contributed by atoms with Gasteiger partial charge in [-0.05, 0) is 108 Å². The summed E-state index contributed by atoms with van der Waals surface area (Å²) in [5.41, 5.74) is 3.35. The van der Waals surface area contributed by atoms with Crippen molar-refractivity contribution in [2.24, 2.45) is 23.7 Å². The lowest BCUT2D eigenvalue weighted by Crippen LogP contribution is -2.32. The first-order valence-electron chi connectivity index (χ1n) is 17.1. The van der Waals surface area contributed by atoms with Crippen LogP contribution in [0.3, 0.4) is 0 Å². The van der Waals surface area contributed by atoms with Crippen molar-refractivity contribution in [1.29, 1.82) is 0 Å². The van der Waals surface area contributed by atoms with Crippen molar-refractivity contribution in [3.63, 3.8) is 0 Å². The van der Waals surface area contributed by atoms with Crippen molar-refractivity contribution in [2.45, 2.75) is 6.42 Å². The number of anilines is 2. The van der Waals surface area contributed by atoms with Gasteiger partial charge in [-0.15, -0.1) is 0 Å². The molecule has 10 heteroatoms. The zero-order valence-corrected chi connectivity index (χ0v) is 28.4. The number of nitrogens with one attached hydrogen (secondary N) is 1. The number of imide groups is 1.